The lowest BCUT2D eigenvalue weighted by molar-refractivity contribution is -0.119. The number of aliphatic imine (C=N–C) groups is 1. The van der Waals surface area contributed by atoms with Gasteiger partial charge in [0.2, 0.25) is 5.91 Å². The molecule has 2 rings (SSSR count). The molecule has 0 fully saturated rings. The molecule has 0 saturated carbocycles. The minimum absolute atomic E-state index is 0.0220. The molecule has 1 aliphatic heterocycles. The van der Waals surface area contributed by atoms with Crippen molar-refractivity contribution in [1.29, 1.82) is 0 Å². The number of oxazole rings is 1. The first-order valence-corrected chi connectivity index (χ1v) is 7.78. The molecule has 2 heterocycles. The first-order chi connectivity index (χ1) is 9.36. The number of carbonyl (C=O) groups is 1. The highest BCUT2D eigenvalue weighted by molar-refractivity contribution is 8.14. The van der Waals surface area contributed by atoms with Crippen LogP contribution in [0.5, 0.6) is 0 Å². The Hall–Kier alpha value is -1.30. The summed E-state index contributed by atoms with van der Waals surface area (Å²) in [6.07, 6.45) is 0.956. The van der Waals surface area contributed by atoms with Gasteiger partial charge in [0.1, 0.15) is 5.76 Å². The van der Waals surface area contributed by atoms with E-state index in [1.807, 2.05) is 6.92 Å². The highest BCUT2D eigenvalue weighted by atomic mass is 32.2. The Morgan fingerprint density at radius 1 is 1.45 bits per heavy atom. The van der Waals surface area contributed by atoms with Crippen molar-refractivity contribution in [3.05, 3.63) is 17.3 Å². The number of nitrogens with one attached hydrogen (secondary N) is 1. The highest BCUT2D eigenvalue weighted by Gasteiger charge is 2.22. The van der Waals surface area contributed by atoms with E-state index in [0.29, 0.717) is 12.8 Å². The predicted molar refractivity (Wildman–Crippen MR) is 81.2 cm³/mol. The van der Waals surface area contributed by atoms with Crippen LogP contribution < -0.4 is 5.32 Å². The van der Waals surface area contributed by atoms with Gasteiger partial charge in [-0.2, -0.15) is 0 Å². The van der Waals surface area contributed by atoms with Crippen LogP contribution in [0, 0.1) is 6.92 Å². The van der Waals surface area contributed by atoms with Gasteiger partial charge >= 0.3 is 0 Å². The molecule has 0 radical (unpaired) electrons. The van der Waals surface area contributed by atoms with Crippen molar-refractivity contribution in [1.82, 2.24) is 10.3 Å². The van der Waals surface area contributed by atoms with E-state index in [4.69, 9.17) is 4.42 Å². The molecule has 0 atom stereocenters. The summed E-state index contributed by atoms with van der Waals surface area (Å²) >= 11 is 1.59. The van der Waals surface area contributed by atoms with Crippen molar-refractivity contribution < 1.29 is 9.21 Å². The maximum absolute atomic E-state index is 11.8. The predicted octanol–water partition coefficient (Wildman–Crippen LogP) is 2.43. The maximum Gasteiger partial charge on any atom is 0.226 e. The van der Waals surface area contributed by atoms with E-state index in [1.165, 1.54) is 0 Å². The standard InChI is InChI=1S/C14H21N3O2S/c1-9-10(19-12(16-9)14(2,3)4)5-6-11(18)17-13-15-7-8-20-13/h5-8H2,1-4H3,(H,15,17,18). The number of rotatable bonds is 3. The van der Waals surface area contributed by atoms with E-state index in [-0.39, 0.29) is 11.3 Å². The van der Waals surface area contributed by atoms with E-state index >= 15 is 0 Å². The van der Waals surface area contributed by atoms with Gasteiger partial charge in [0.15, 0.2) is 11.1 Å². The summed E-state index contributed by atoms with van der Waals surface area (Å²) in [6.45, 7) is 8.89. The van der Waals surface area contributed by atoms with Gasteiger partial charge < -0.3 is 9.73 Å². The smallest absolute Gasteiger partial charge is 0.226 e. The lowest BCUT2D eigenvalue weighted by Crippen LogP contribution is -2.27. The molecule has 0 aliphatic carbocycles. The zero-order valence-corrected chi connectivity index (χ0v) is 13.3. The Labute approximate surface area is 123 Å². The van der Waals surface area contributed by atoms with Crippen molar-refractivity contribution in [2.75, 3.05) is 12.3 Å². The summed E-state index contributed by atoms with van der Waals surface area (Å²) in [5.41, 5.74) is 0.760. The highest BCUT2D eigenvalue weighted by Crippen LogP contribution is 2.24. The summed E-state index contributed by atoms with van der Waals surface area (Å²) in [7, 11) is 0. The van der Waals surface area contributed by atoms with Crippen LogP contribution in [-0.4, -0.2) is 28.4 Å². The molecule has 0 bridgehead atoms. The lowest BCUT2D eigenvalue weighted by atomic mass is 9.97. The quantitative estimate of drug-likeness (QED) is 0.930. The molecule has 20 heavy (non-hydrogen) atoms. The maximum atomic E-state index is 11.8. The van der Waals surface area contributed by atoms with Crippen molar-refractivity contribution in [2.45, 2.75) is 46.0 Å². The fourth-order valence-electron chi connectivity index (χ4n) is 1.80. The average molecular weight is 295 g/mol. The second-order valence-corrected chi connectivity index (χ2v) is 6.94. The van der Waals surface area contributed by atoms with Gasteiger partial charge in [-0.05, 0) is 6.92 Å². The van der Waals surface area contributed by atoms with Gasteiger partial charge in [-0.3, -0.25) is 9.79 Å². The third kappa shape index (κ3) is 3.85. The first kappa shape index (κ1) is 15.1. The monoisotopic (exact) mass is 295 g/mol. The van der Waals surface area contributed by atoms with Crippen LogP contribution in [0.2, 0.25) is 0 Å². The van der Waals surface area contributed by atoms with Gasteiger partial charge in [0, 0.05) is 24.0 Å². The van der Waals surface area contributed by atoms with E-state index in [2.05, 4.69) is 36.1 Å². The third-order valence-corrected chi connectivity index (χ3v) is 3.84. The molecular formula is C14H21N3O2S. The molecule has 6 heteroatoms. The van der Waals surface area contributed by atoms with Gasteiger partial charge in [0.05, 0.1) is 12.2 Å². The molecule has 110 valence electrons. The van der Waals surface area contributed by atoms with E-state index in [0.717, 1.165) is 34.8 Å². The molecule has 0 spiro atoms. The average Bonchev–Trinajstić information content (AvgIpc) is 2.95. The summed E-state index contributed by atoms with van der Waals surface area (Å²) in [5.74, 6) is 2.45. The number of hydrogen-bond acceptors (Lipinski definition) is 5. The number of aromatic nitrogens is 1. The molecule has 0 saturated heterocycles. The topological polar surface area (TPSA) is 67.5 Å². The number of thioether (sulfide) groups is 1. The minimum atomic E-state index is -0.111. The van der Waals surface area contributed by atoms with Crippen LogP contribution in [0.3, 0.4) is 0 Å². The van der Waals surface area contributed by atoms with Crippen LogP contribution in [0.25, 0.3) is 0 Å². The number of aryl methyl sites for hydroxylation is 2. The summed E-state index contributed by atoms with van der Waals surface area (Å²) < 4.78 is 5.77. The summed E-state index contributed by atoms with van der Waals surface area (Å²) in [6, 6.07) is 0. The fourth-order valence-corrected chi connectivity index (χ4v) is 2.54. The van der Waals surface area contributed by atoms with Gasteiger partial charge in [-0.25, -0.2) is 4.98 Å². The van der Waals surface area contributed by atoms with E-state index < -0.39 is 0 Å². The number of hydrogen-bond donors (Lipinski definition) is 1. The minimum Gasteiger partial charge on any atom is -0.445 e. The molecule has 1 aromatic rings. The second-order valence-electron chi connectivity index (χ2n) is 5.86. The van der Waals surface area contributed by atoms with Gasteiger partial charge in [-0.15, -0.1) is 0 Å². The zero-order valence-electron chi connectivity index (χ0n) is 12.4. The number of nitrogens with zero attached hydrogens (tertiary/aromatic N) is 2. The van der Waals surface area contributed by atoms with Crippen molar-refractivity contribution in [3.63, 3.8) is 0 Å². The van der Waals surface area contributed by atoms with Crippen LogP contribution in [0.1, 0.15) is 44.5 Å². The van der Waals surface area contributed by atoms with Crippen LogP contribution >= 0.6 is 11.8 Å². The van der Waals surface area contributed by atoms with Crippen molar-refractivity contribution in [2.24, 2.45) is 4.99 Å². The summed E-state index contributed by atoms with van der Waals surface area (Å²) in [4.78, 5) is 20.5. The normalized spacial score (nSPS) is 15.3. The Morgan fingerprint density at radius 3 is 2.75 bits per heavy atom. The SMILES string of the molecule is Cc1nc(C(C)(C)C)oc1CCC(=O)NC1=NCCS1. The molecule has 1 aromatic heterocycles. The zero-order chi connectivity index (χ0) is 14.8. The van der Waals surface area contributed by atoms with Crippen LogP contribution in [0.4, 0.5) is 0 Å². The first-order valence-electron chi connectivity index (χ1n) is 6.80. The molecule has 0 aromatic carbocycles. The van der Waals surface area contributed by atoms with E-state index in [1.54, 1.807) is 11.8 Å². The molecule has 5 nitrogen and oxygen atoms in total. The van der Waals surface area contributed by atoms with Crippen molar-refractivity contribution in [3.8, 4) is 0 Å². The molecular weight excluding hydrogens is 274 g/mol. The molecule has 0 unspecified atom stereocenters. The molecule has 1 amide bonds. The summed E-state index contributed by atoms with van der Waals surface area (Å²) in [5, 5.41) is 3.55. The number of carbonyl (C=O) groups excluding carboxylic acids is 1. The third-order valence-electron chi connectivity index (χ3n) is 2.95. The van der Waals surface area contributed by atoms with Gasteiger partial charge in [0.25, 0.3) is 0 Å². The largest absolute Gasteiger partial charge is 0.445 e. The molecule has 1 N–H and O–H groups in total. The Kier molecular flexibility index (Phi) is 4.52. The Morgan fingerprint density at radius 2 is 2.20 bits per heavy atom. The Balaban J connectivity index is 1.90. The second kappa shape index (κ2) is 5.99. The Bertz CT molecular complexity index is 529. The van der Waals surface area contributed by atoms with Crippen LogP contribution in [-0.2, 0) is 16.6 Å². The van der Waals surface area contributed by atoms with Gasteiger partial charge in [-0.1, -0.05) is 32.5 Å². The lowest BCUT2D eigenvalue weighted by Gasteiger charge is -2.12. The number of amides is 1. The van der Waals surface area contributed by atoms with Crippen LogP contribution in [0.15, 0.2) is 9.41 Å². The van der Waals surface area contributed by atoms with E-state index in [9.17, 15) is 4.79 Å². The number of amidine groups is 1. The van der Waals surface area contributed by atoms with Crippen molar-refractivity contribution >= 4 is 22.8 Å². The fraction of sp³-hybridized carbons (Fsp3) is 0.643. The molecule has 1 aliphatic rings.